The fourth-order valence-corrected chi connectivity index (χ4v) is 4.97. The normalized spacial score (nSPS) is 27.2. The van der Waals surface area contributed by atoms with Crippen LogP contribution in [-0.4, -0.2) is 12.6 Å². The minimum absolute atomic E-state index is 0.446. The van der Waals surface area contributed by atoms with Crippen molar-refractivity contribution in [3.05, 3.63) is 12.2 Å². The number of nitrogens with one attached hydrogen (secondary N) is 1. The monoisotopic (exact) mass is 417 g/mol. The molecule has 0 aromatic heterocycles. The molecule has 2 fully saturated rings. The summed E-state index contributed by atoms with van der Waals surface area (Å²) in [6.07, 6.45) is 27.6. The van der Waals surface area contributed by atoms with Crippen LogP contribution in [0.2, 0.25) is 0 Å². The van der Waals surface area contributed by atoms with Crippen LogP contribution >= 0.6 is 0 Å². The Morgan fingerprint density at radius 2 is 1.63 bits per heavy atom. The van der Waals surface area contributed by atoms with Crippen molar-refractivity contribution in [1.29, 1.82) is 0 Å². The molecule has 2 saturated carbocycles. The van der Waals surface area contributed by atoms with Gasteiger partial charge in [-0.2, -0.15) is 0 Å². The average molecular weight is 418 g/mol. The van der Waals surface area contributed by atoms with Crippen LogP contribution in [0.25, 0.3) is 0 Å². The van der Waals surface area contributed by atoms with E-state index in [1.165, 1.54) is 77.2 Å². The number of allylic oxidation sites excluding steroid dienone is 2. The van der Waals surface area contributed by atoms with Crippen molar-refractivity contribution >= 4 is 0 Å². The van der Waals surface area contributed by atoms with Crippen molar-refractivity contribution in [2.45, 2.75) is 131 Å². The molecule has 2 rings (SSSR count). The zero-order valence-corrected chi connectivity index (χ0v) is 21.5. The number of rotatable bonds is 9. The summed E-state index contributed by atoms with van der Waals surface area (Å²) in [5, 5.41) is 3.90. The summed E-state index contributed by atoms with van der Waals surface area (Å²) in [7, 11) is 0. The van der Waals surface area contributed by atoms with E-state index in [0.29, 0.717) is 5.92 Å². The summed E-state index contributed by atoms with van der Waals surface area (Å²) in [5.41, 5.74) is 0. The second-order valence-corrected chi connectivity index (χ2v) is 9.30. The Hall–Kier alpha value is -0.740. The fourth-order valence-electron chi connectivity index (χ4n) is 4.97. The Morgan fingerprint density at radius 1 is 0.967 bits per heavy atom. The lowest BCUT2D eigenvalue weighted by molar-refractivity contribution is 0.228. The van der Waals surface area contributed by atoms with Crippen molar-refractivity contribution in [3.8, 4) is 12.3 Å². The number of hydrogen-bond donors (Lipinski definition) is 1. The molecule has 0 aliphatic heterocycles. The SMILES string of the molecule is C#CC(CC)C/C=C\C.CC.CCCC1CCC(CNC2CCCC(CC)C2)CC1. The summed E-state index contributed by atoms with van der Waals surface area (Å²) in [5.74, 6) is 6.22. The number of terminal acetylenes is 1. The minimum Gasteiger partial charge on any atom is -0.314 e. The molecule has 0 amide bonds. The van der Waals surface area contributed by atoms with Crippen LogP contribution in [0.15, 0.2) is 12.2 Å². The molecule has 0 heterocycles. The lowest BCUT2D eigenvalue weighted by atomic mass is 9.79. The van der Waals surface area contributed by atoms with E-state index in [2.05, 4.69) is 38.1 Å². The first-order valence-electron chi connectivity index (χ1n) is 13.5. The third-order valence-corrected chi connectivity index (χ3v) is 7.10. The van der Waals surface area contributed by atoms with Gasteiger partial charge in [-0.1, -0.05) is 91.7 Å². The smallest absolute Gasteiger partial charge is 0.0232 e. The molecule has 176 valence electrons. The van der Waals surface area contributed by atoms with E-state index in [1.54, 1.807) is 0 Å². The molecule has 2 aliphatic rings. The van der Waals surface area contributed by atoms with Gasteiger partial charge in [0.15, 0.2) is 0 Å². The third kappa shape index (κ3) is 13.5. The van der Waals surface area contributed by atoms with Gasteiger partial charge in [0.2, 0.25) is 0 Å². The van der Waals surface area contributed by atoms with E-state index >= 15 is 0 Å². The highest BCUT2D eigenvalue weighted by Crippen LogP contribution is 2.32. The Labute approximate surface area is 191 Å². The summed E-state index contributed by atoms with van der Waals surface area (Å²) in [6.45, 7) is 14.1. The van der Waals surface area contributed by atoms with Crippen LogP contribution in [-0.2, 0) is 0 Å². The molecular formula is C29H55N. The maximum atomic E-state index is 5.24. The van der Waals surface area contributed by atoms with Crippen LogP contribution in [0.1, 0.15) is 125 Å². The molecule has 0 radical (unpaired) electrons. The molecule has 3 atom stereocenters. The molecule has 0 aromatic rings. The fraction of sp³-hybridized carbons (Fsp3) is 0.862. The molecule has 0 spiro atoms. The van der Waals surface area contributed by atoms with Crippen molar-refractivity contribution < 1.29 is 0 Å². The average Bonchev–Trinajstić information content (AvgIpc) is 2.81. The topological polar surface area (TPSA) is 12.0 Å². The highest BCUT2D eigenvalue weighted by Gasteiger charge is 2.23. The largest absolute Gasteiger partial charge is 0.314 e. The van der Waals surface area contributed by atoms with Gasteiger partial charge in [-0.05, 0) is 69.7 Å². The third-order valence-electron chi connectivity index (χ3n) is 7.10. The van der Waals surface area contributed by atoms with E-state index in [1.807, 2.05) is 26.8 Å². The molecule has 2 aliphatic carbocycles. The molecule has 3 unspecified atom stereocenters. The van der Waals surface area contributed by atoms with Crippen molar-refractivity contribution in [3.63, 3.8) is 0 Å². The van der Waals surface area contributed by atoms with Crippen LogP contribution in [0.4, 0.5) is 0 Å². The highest BCUT2D eigenvalue weighted by atomic mass is 14.9. The van der Waals surface area contributed by atoms with Gasteiger partial charge in [-0.25, -0.2) is 0 Å². The Kier molecular flexibility index (Phi) is 19.7. The predicted molar refractivity (Wildman–Crippen MR) is 138 cm³/mol. The molecule has 0 saturated heterocycles. The van der Waals surface area contributed by atoms with Gasteiger partial charge >= 0.3 is 0 Å². The van der Waals surface area contributed by atoms with Crippen LogP contribution in [0.3, 0.4) is 0 Å². The van der Waals surface area contributed by atoms with Crippen molar-refractivity contribution in [1.82, 2.24) is 5.32 Å². The lowest BCUT2D eigenvalue weighted by Crippen LogP contribution is -2.37. The quantitative estimate of drug-likeness (QED) is 0.292. The first-order valence-corrected chi connectivity index (χ1v) is 13.5. The molecule has 1 heteroatoms. The highest BCUT2D eigenvalue weighted by molar-refractivity contribution is 4.96. The van der Waals surface area contributed by atoms with Gasteiger partial charge in [0, 0.05) is 12.0 Å². The zero-order valence-electron chi connectivity index (χ0n) is 21.5. The maximum absolute atomic E-state index is 5.24. The van der Waals surface area contributed by atoms with Crippen LogP contribution in [0, 0.1) is 36.0 Å². The zero-order chi connectivity index (χ0) is 22.6. The molecule has 1 nitrogen and oxygen atoms in total. The summed E-state index contributed by atoms with van der Waals surface area (Å²) < 4.78 is 0. The summed E-state index contributed by atoms with van der Waals surface area (Å²) in [6, 6.07) is 0.840. The van der Waals surface area contributed by atoms with Gasteiger partial charge in [-0.3, -0.25) is 0 Å². The van der Waals surface area contributed by atoms with Gasteiger partial charge < -0.3 is 5.32 Å². The van der Waals surface area contributed by atoms with Gasteiger partial charge in [0.25, 0.3) is 0 Å². The van der Waals surface area contributed by atoms with Crippen molar-refractivity contribution in [2.24, 2.45) is 23.7 Å². The maximum Gasteiger partial charge on any atom is 0.0232 e. The van der Waals surface area contributed by atoms with E-state index in [-0.39, 0.29) is 0 Å². The summed E-state index contributed by atoms with van der Waals surface area (Å²) >= 11 is 0. The van der Waals surface area contributed by atoms with Crippen LogP contribution < -0.4 is 5.32 Å². The van der Waals surface area contributed by atoms with Gasteiger partial charge in [0.05, 0.1) is 0 Å². The Balaban J connectivity index is 0.000000648. The first kappa shape index (κ1) is 29.3. The second-order valence-electron chi connectivity index (χ2n) is 9.30. The molecule has 0 bridgehead atoms. The minimum atomic E-state index is 0.446. The Bertz CT molecular complexity index is 424. The number of hydrogen-bond acceptors (Lipinski definition) is 1. The predicted octanol–water partition coefficient (Wildman–Crippen LogP) is 8.79. The van der Waals surface area contributed by atoms with Gasteiger partial charge in [0.1, 0.15) is 0 Å². The molecule has 30 heavy (non-hydrogen) atoms. The van der Waals surface area contributed by atoms with E-state index in [0.717, 1.165) is 36.6 Å². The van der Waals surface area contributed by atoms with E-state index in [9.17, 15) is 0 Å². The molecule has 1 N–H and O–H groups in total. The molecule has 0 aromatic carbocycles. The Morgan fingerprint density at radius 3 is 2.17 bits per heavy atom. The van der Waals surface area contributed by atoms with Crippen molar-refractivity contribution in [2.75, 3.05) is 6.54 Å². The summed E-state index contributed by atoms with van der Waals surface area (Å²) in [4.78, 5) is 0. The second kappa shape index (κ2) is 20.2. The van der Waals surface area contributed by atoms with E-state index < -0.39 is 0 Å². The lowest BCUT2D eigenvalue weighted by Gasteiger charge is -2.33. The molecular weight excluding hydrogens is 362 g/mol. The van der Waals surface area contributed by atoms with Gasteiger partial charge in [-0.15, -0.1) is 12.3 Å². The first-order chi connectivity index (χ1) is 14.7. The van der Waals surface area contributed by atoms with Crippen LogP contribution in [0.5, 0.6) is 0 Å². The van der Waals surface area contributed by atoms with E-state index in [4.69, 9.17) is 6.42 Å². The standard InChI is InChI=1S/C18H35N.C9H14.C2H6/c1-3-6-16-9-11-17(12-10-16)14-19-18-8-5-7-15(4-2)13-18;1-4-7-8-9(5-2)6-3;1-2/h15-19H,3-14H2,1-2H3;2,4,7,9H,6,8H2,1,3H3;1-2H3/b;7-4-;.